The van der Waals surface area contributed by atoms with Gasteiger partial charge in [0.1, 0.15) is 11.0 Å². The van der Waals surface area contributed by atoms with Crippen LogP contribution in [0.2, 0.25) is 0 Å². The lowest BCUT2D eigenvalue weighted by Gasteiger charge is -2.38. The second-order valence-electron chi connectivity index (χ2n) is 4.44. The van der Waals surface area contributed by atoms with Crippen LogP contribution in [0.15, 0.2) is 18.2 Å². The summed E-state index contributed by atoms with van der Waals surface area (Å²) in [5.74, 6) is -0.195. The molecular formula is C11H12N6O2. The van der Waals surface area contributed by atoms with Crippen molar-refractivity contribution in [2.75, 3.05) is 13.1 Å². The van der Waals surface area contributed by atoms with Gasteiger partial charge in [0.25, 0.3) is 5.91 Å². The number of aromatic amines is 1. The fourth-order valence-corrected chi connectivity index (χ4v) is 2.00. The average Bonchev–Trinajstić information content (AvgIpc) is 2.79. The van der Waals surface area contributed by atoms with Gasteiger partial charge >= 0.3 is 6.03 Å². The molecule has 1 aliphatic rings. The lowest BCUT2D eigenvalue weighted by atomic mass is 10.1. The average molecular weight is 260 g/mol. The molecule has 19 heavy (non-hydrogen) atoms. The first-order valence-electron chi connectivity index (χ1n) is 5.79. The largest absolute Gasteiger partial charge is 0.351 e. The van der Waals surface area contributed by atoms with Gasteiger partial charge in [-0.1, -0.05) is 0 Å². The highest BCUT2D eigenvalue weighted by Gasteiger charge is 2.30. The summed E-state index contributed by atoms with van der Waals surface area (Å²) in [5.41, 5.74) is 6.97. The number of fused-ring (bicyclic) bond motifs is 1. The number of benzene rings is 1. The Labute approximate surface area is 107 Å². The maximum absolute atomic E-state index is 12.0. The number of hydrogen-bond acceptors (Lipinski definition) is 4. The standard InChI is InChI=1S/C11H12N6O2/c12-11(19)17-4-7(5-17)13-10(18)6-1-2-8-9(3-6)15-16-14-8/h1-3,7H,4-5H2,(H2,12,19)(H,13,18)(H,14,15,16). The van der Waals surface area contributed by atoms with E-state index in [9.17, 15) is 9.59 Å². The van der Waals surface area contributed by atoms with Gasteiger partial charge in [0.2, 0.25) is 0 Å². The smallest absolute Gasteiger partial charge is 0.314 e. The van der Waals surface area contributed by atoms with Crippen molar-refractivity contribution in [1.82, 2.24) is 25.6 Å². The molecule has 3 rings (SSSR count). The van der Waals surface area contributed by atoms with E-state index in [1.165, 1.54) is 4.90 Å². The van der Waals surface area contributed by atoms with Crippen LogP contribution >= 0.6 is 0 Å². The topological polar surface area (TPSA) is 117 Å². The minimum Gasteiger partial charge on any atom is -0.351 e. The van der Waals surface area contributed by atoms with Crippen molar-refractivity contribution < 1.29 is 9.59 Å². The lowest BCUT2D eigenvalue weighted by Crippen LogP contribution is -2.62. The quantitative estimate of drug-likeness (QED) is 0.671. The number of carbonyl (C=O) groups is 2. The third-order valence-electron chi connectivity index (χ3n) is 3.11. The number of likely N-dealkylation sites (tertiary alicyclic amines) is 1. The Balaban J connectivity index is 1.66. The molecule has 1 saturated heterocycles. The second kappa shape index (κ2) is 4.23. The van der Waals surface area contributed by atoms with Crippen LogP contribution < -0.4 is 11.1 Å². The maximum atomic E-state index is 12.0. The SMILES string of the molecule is NC(=O)N1CC(NC(=O)c2ccc3n[nH]nc3c2)C1. The summed E-state index contributed by atoms with van der Waals surface area (Å²) in [6, 6.07) is 4.57. The molecule has 98 valence electrons. The van der Waals surface area contributed by atoms with Gasteiger partial charge < -0.3 is 16.0 Å². The number of nitrogens with one attached hydrogen (secondary N) is 2. The summed E-state index contributed by atoms with van der Waals surface area (Å²) in [6.45, 7) is 0.903. The number of primary amides is 1. The van der Waals surface area contributed by atoms with E-state index in [1.54, 1.807) is 18.2 Å². The molecule has 0 atom stereocenters. The number of hydrogen-bond donors (Lipinski definition) is 3. The van der Waals surface area contributed by atoms with E-state index in [4.69, 9.17) is 5.73 Å². The summed E-state index contributed by atoms with van der Waals surface area (Å²) in [4.78, 5) is 24.3. The molecule has 0 saturated carbocycles. The fourth-order valence-electron chi connectivity index (χ4n) is 2.00. The summed E-state index contributed by atoms with van der Waals surface area (Å²) >= 11 is 0. The van der Waals surface area contributed by atoms with E-state index in [1.807, 2.05) is 0 Å². The van der Waals surface area contributed by atoms with Crippen LogP contribution in [0.5, 0.6) is 0 Å². The molecule has 8 nitrogen and oxygen atoms in total. The third kappa shape index (κ3) is 2.07. The van der Waals surface area contributed by atoms with Gasteiger partial charge in [-0.05, 0) is 18.2 Å². The van der Waals surface area contributed by atoms with E-state index >= 15 is 0 Å². The summed E-state index contributed by atoms with van der Waals surface area (Å²) < 4.78 is 0. The molecular weight excluding hydrogens is 248 g/mol. The number of nitrogens with zero attached hydrogens (tertiary/aromatic N) is 3. The molecule has 0 spiro atoms. The molecule has 3 amide bonds. The number of aromatic nitrogens is 3. The Morgan fingerprint density at radius 2 is 2.05 bits per heavy atom. The molecule has 4 N–H and O–H groups in total. The van der Waals surface area contributed by atoms with Crippen LogP contribution in [0.25, 0.3) is 11.0 Å². The van der Waals surface area contributed by atoms with Crippen molar-refractivity contribution in [3.8, 4) is 0 Å². The summed E-state index contributed by atoms with van der Waals surface area (Å²) in [6.07, 6.45) is 0. The first kappa shape index (κ1) is 11.5. The van der Waals surface area contributed by atoms with Crippen LogP contribution in [0.3, 0.4) is 0 Å². The van der Waals surface area contributed by atoms with Gasteiger partial charge in [0, 0.05) is 18.7 Å². The van der Waals surface area contributed by atoms with Crippen molar-refractivity contribution in [3.63, 3.8) is 0 Å². The first-order valence-corrected chi connectivity index (χ1v) is 5.79. The van der Waals surface area contributed by atoms with Crippen molar-refractivity contribution in [2.45, 2.75) is 6.04 Å². The zero-order chi connectivity index (χ0) is 13.4. The molecule has 1 aromatic carbocycles. The summed E-state index contributed by atoms with van der Waals surface area (Å²) in [5, 5.41) is 13.2. The lowest BCUT2D eigenvalue weighted by molar-refractivity contribution is 0.0861. The van der Waals surface area contributed by atoms with E-state index in [0.717, 1.165) is 0 Å². The molecule has 0 radical (unpaired) electrons. The van der Waals surface area contributed by atoms with Gasteiger partial charge in [-0.2, -0.15) is 15.4 Å². The zero-order valence-electron chi connectivity index (χ0n) is 9.96. The van der Waals surface area contributed by atoms with Crippen LogP contribution in [0.1, 0.15) is 10.4 Å². The third-order valence-corrected chi connectivity index (χ3v) is 3.11. The van der Waals surface area contributed by atoms with Gasteiger partial charge in [0.15, 0.2) is 0 Å². The molecule has 1 aromatic heterocycles. The molecule has 1 aliphatic heterocycles. The highest BCUT2D eigenvalue weighted by molar-refractivity contribution is 5.97. The highest BCUT2D eigenvalue weighted by Crippen LogP contribution is 2.12. The van der Waals surface area contributed by atoms with Crippen LogP contribution in [0.4, 0.5) is 4.79 Å². The van der Waals surface area contributed by atoms with Crippen molar-refractivity contribution in [3.05, 3.63) is 23.8 Å². The molecule has 0 bridgehead atoms. The molecule has 0 aliphatic carbocycles. The minimum atomic E-state index is -0.463. The number of nitrogens with two attached hydrogens (primary N) is 1. The molecule has 0 unspecified atom stereocenters. The Bertz CT molecular complexity index is 645. The minimum absolute atomic E-state index is 0.0481. The van der Waals surface area contributed by atoms with E-state index in [2.05, 4.69) is 20.7 Å². The van der Waals surface area contributed by atoms with Crippen LogP contribution in [-0.4, -0.2) is 51.4 Å². The molecule has 2 heterocycles. The Kier molecular flexibility index (Phi) is 2.55. The van der Waals surface area contributed by atoms with Gasteiger partial charge in [-0.25, -0.2) is 4.79 Å². The van der Waals surface area contributed by atoms with E-state index in [-0.39, 0.29) is 11.9 Å². The van der Waals surface area contributed by atoms with Crippen molar-refractivity contribution in [1.29, 1.82) is 0 Å². The molecule has 1 fully saturated rings. The van der Waals surface area contributed by atoms with E-state index in [0.29, 0.717) is 29.7 Å². The maximum Gasteiger partial charge on any atom is 0.314 e. The number of rotatable bonds is 2. The number of H-pyrrole nitrogens is 1. The van der Waals surface area contributed by atoms with Crippen LogP contribution in [-0.2, 0) is 0 Å². The fraction of sp³-hybridized carbons (Fsp3) is 0.273. The molecule has 8 heteroatoms. The predicted molar refractivity (Wildman–Crippen MR) is 66.3 cm³/mol. The summed E-state index contributed by atoms with van der Waals surface area (Å²) in [7, 11) is 0. The Hall–Kier alpha value is -2.64. The van der Waals surface area contributed by atoms with Gasteiger partial charge in [0.05, 0.1) is 6.04 Å². The first-order chi connectivity index (χ1) is 9.13. The Morgan fingerprint density at radius 3 is 2.79 bits per heavy atom. The zero-order valence-corrected chi connectivity index (χ0v) is 9.96. The van der Waals surface area contributed by atoms with Gasteiger partial charge in [-0.3, -0.25) is 4.79 Å². The van der Waals surface area contributed by atoms with E-state index < -0.39 is 6.03 Å². The van der Waals surface area contributed by atoms with Gasteiger partial charge in [-0.15, -0.1) is 0 Å². The number of amides is 3. The Morgan fingerprint density at radius 1 is 1.32 bits per heavy atom. The number of carbonyl (C=O) groups excluding carboxylic acids is 2. The predicted octanol–water partition coefficient (Wildman–Crippen LogP) is -0.549. The monoisotopic (exact) mass is 260 g/mol. The van der Waals surface area contributed by atoms with Crippen LogP contribution in [0, 0.1) is 0 Å². The second-order valence-corrected chi connectivity index (χ2v) is 4.44. The van der Waals surface area contributed by atoms with Crippen molar-refractivity contribution >= 4 is 23.0 Å². The highest BCUT2D eigenvalue weighted by atomic mass is 16.2. The normalized spacial score (nSPS) is 15.3. The van der Waals surface area contributed by atoms with Crippen molar-refractivity contribution in [2.24, 2.45) is 5.73 Å². The number of urea groups is 1. The molecule has 2 aromatic rings.